The number of aliphatic hydroxyl groups is 1. The lowest BCUT2D eigenvalue weighted by molar-refractivity contribution is -0.139. The molecule has 1 aliphatic heterocycles. The lowest BCUT2D eigenvalue weighted by Gasteiger charge is -2.25. The molecule has 0 spiro atoms. The smallest absolute Gasteiger partial charge is 0.342 e. The van der Waals surface area contributed by atoms with Crippen LogP contribution < -0.4 is 5.32 Å². The maximum atomic E-state index is 12.7. The zero-order chi connectivity index (χ0) is 21.1. The van der Waals surface area contributed by atoms with Gasteiger partial charge in [-0.2, -0.15) is 0 Å². The second kappa shape index (κ2) is 8.50. The number of phenolic OH excluding ortho intramolecular Hbond substituents is 1. The molecule has 2 atom stereocenters. The Morgan fingerprint density at radius 3 is 2.59 bits per heavy atom. The number of fused-ring (bicyclic) bond motifs is 1. The molecule has 0 aliphatic carbocycles. The number of aliphatic hydroxyl groups excluding tert-OH is 1. The molecule has 4 N–H and O–H groups in total. The standard InChI is InChI=1S/C20H18ClNO7/c21-14-8-13(17(24)16-12(14)7-11(9-23)29-20(16)28)18(25)22-15(19(26)27)6-10-4-2-1-3-5-10/h1-5,8,11,15,23-24H,6-7,9H2,(H,22,25)(H,26,27)/t11-,15+/m1/s1. The van der Waals surface area contributed by atoms with Crippen molar-refractivity contribution in [3.05, 3.63) is 63.7 Å². The number of cyclic esters (lactones) is 1. The summed E-state index contributed by atoms with van der Waals surface area (Å²) in [7, 11) is 0. The summed E-state index contributed by atoms with van der Waals surface area (Å²) in [6.45, 7) is -0.412. The Labute approximate surface area is 170 Å². The first-order chi connectivity index (χ1) is 13.8. The number of carbonyl (C=O) groups excluding carboxylic acids is 2. The van der Waals surface area contributed by atoms with Crippen LogP contribution in [-0.2, 0) is 22.4 Å². The molecule has 1 aliphatic rings. The predicted octanol–water partition coefficient (Wildman–Crippen LogP) is 1.55. The number of carbonyl (C=O) groups is 3. The Kier molecular flexibility index (Phi) is 6.05. The van der Waals surface area contributed by atoms with E-state index in [-0.39, 0.29) is 34.6 Å². The topological polar surface area (TPSA) is 133 Å². The molecule has 3 rings (SSSR count). The predicted molar refractivity (Wildman–Crippen MR) is 102 cm³/mol. The quantitative estimate of drug-likeness (QED) is 0.522. The molecule has 0 bridgehead atoms. The highest BCUT2D eigenvalue weighted by atomic mass is 35.5. The van der Waals surface area contributed by atoms with Gasteiger partial charge in [0, 0.05) is 17.9 Å². The minimum Gasteiger partial charge on any atom is -0.506 e. The number of hydrogen-bond acceptors (Lipinski definition) is 6. The first-order valence-corrected chi connectivity index (χ1v) is 9.13. The maximum absolute atomic E-state index is 12.7. The fourth-order valence-corrected chi connectivity index (χ4v) is 3.42. The number of halogens is 1. The van der Waals surface area contributed by atoms with Crippen LogP contribution in [0.3, 0.4) is 0 Å². The summed E-state index contributed by atoms with van der Waals surface area (Å²) < 4.78 is 5.00. The zero-order valence-corrected chi connectivity index (χ0v) is 15.8. The lowest BCUT2D eigenvalue weighted by Crippen LogP contribution is -2.42. The SMILES string of the molecule is O=C(N[C@@H](Cc1ccccc1)C(=O)O)c1cc(Cl)c2c(c1O)C(=O)O[C@@H](CO)C2. The summed E-state index contributed by atoms with van der Waals surface area (Å²) in [5.41, 5.74) is 0.358. The van der Waals surface area contributed by atoms with E-state index in [1.807, 2.05) is 0 Å². The molecular formula is C20H18ClNO7. The summed E-state index contributed by atoms with van der Waals surface area (Å²) in [6.07, 6.45) is -0.687. The molecule has 0 aromatic heterocycles. The van der Waals surface area contributed by atoms with Crippen molar-refractivity contribution in [1.29, 1.82) is 0 Å². The van der Waals surface area contributed by atoms with Crippen molar-refractivity contribution in [3.63, 3.8) is 0 Å². The van der Waals surface area contributed by atoms with Crippen LogP contribution in [0.25, 0.3) is 0 Å². The van der Waals surface area contributed by atoms with E-state index in [0.29, 0.717) is 5.56 Å². The molecule has 2 aromatic rings. The van der Waals surface area contributed by atoms with Crippen molar-refractivity contribution >= 4 is 29.4 Å². The average molecular weight is 420 g/mol. The van der Waals surface area contributed by atoms with Gasteiger partial charge in [-0.1, -0.05) is 41.9 Å². The molecule has 1 amide bonds. The number of ether oxygens (including phenoxy) is 1. The summed E-state index contributed by atoms with van der Waals surface area (Å²) in [4.78, 5) is 36.4. The molecule has 0 saturated carbocycles. The Morgan fingerprint density at radius 2 is 1.97 bits per heavy atom. The normalized spacial score (nSPS) is 16.5. The van der Waals surface area contributed by atoms with Crippen molar-refractivity contribution in [2.24, 2.45) is 0 Å². The largest absolute Gasteiger partial charge is 0.506 e. The van der Waals surface area contributed by atoms with Crippen molar-refractivity contribution in [1.82, 2.24) is 5.32 Å². The summed E-state index contributed by atoms with van der Waals surface area (Å²) in [5.74, 6) is -3.71. The third-order valence-electron chi connectivity index (χ3n) is 4.60. The van der Waals surface area contributed by atoms with Gasteiger partial charge in [-0.15, -0.1) is 0 Å². The average Bonchev–Trinajstić information content (AvgIpc) is 2.70. The highest BCUT2D eigenvalue weighted by Gasteiger charge is 2.34. The summed E-state index contributed by atoms with van der Waals surface area (Å²) in [6, 6.07) is 8.63. The van der Waals surface area contributed by atoms with E-state index in [2.05, 4.69) is 5.32 Å². The number of esters is 1. The molecule has 8 nitrogen and oxygen atoms in total. The summed E-state index contributed by atoms with van der Waals surface area (Å²) >= 11 is 6.18. The van der Waals surface area contributed by atoms with E-state index in [4.69, 9.17) is 16.3 Å². The van der Waals surface area contributed by atoms with Gasteiger partial charge in [0.15, 0.2) is 0 Å². The monoisotopic (exact) mass is 419 g/mol. The van der Waals surface area contributed by atoms with Crippen molar-refractivity contribution in [2.45, 2.75) is 25.0 Å². The van der Waals surface area contributed by atoms with Crippen molar-refractivity contribution in [3.8, 4) is 5.75 Å². The molecule has 29 heavy (non-hydrogen) atoms. The number of carboxylic acid groups (broad SMARTS) is 1. The van der Waals surface area contributed by atoms with Gasteiger partial charge in [-0.05, 0) is 17.2 Å². The van der Waals surface area contributed by atoms with Crippen molar-refractivity contribution < 1.29 is 34.4 Å². The molecule has 2 aromatic carbocycles. The van der Waals surface area contributed by atoms with Gasteiger partial charge >= 0.3 is 11.9 Å². The Bertz CT molecular complexity index is 961. The van der Waals surface area contributed by atoms with Gasteiger partial charge in [-0.25, -0.2) is 9.59 Å². The van der Waals surface area contributed by atoms with E-state index in [9.17, 15) is 29.7 Å². The molecule has 0 radical (unpaired) electrons. The minimum atomic E-state index is -1.26. The van der Waals surface area contributed by atoms with Gasteiger partial charge in [-0.3, -0.25) is 4.79 Å². The summed E-state index contributed by atoms with van der Waals surface area (Å²) in [5, 5.41) is 31.5. The molecule has 9 heteroatoms. The van der Waals surface area contributed by atoms with E-state index >= 15 is 0 Å². The van der Waals surface area contributed by atoms with E-state index in [1.54, 1.807) is 30.3 Å². The fraction of sp³-hybridized carbons (Fsp3) is 0.250. The van der Waals surface area contributed by atoms with Crippen LogP contribution in [0.1, 0.15) is 31.8 Å². The van der Waals surface area contributed by atoms with Crippen LogP contribution >= 0.6 is 11.6 Å². The number of benzene rings is 2. The minimum absolute atomic E-state index is 0.0293. The number of aliphatic carboxylic acids is 1. The first-order valence-electron chi connectivity index (χ1n) is 8.75. The Balaban J connectivity index is 1.89. The molecule has 0 unspecified atom stereocenters. The number of nitrogens with one attached hydrogen (secondary N) is 1. The van der Waals surface area contributed by atoms with Gasteiger partial charge in [0.05, 0.1) is 12.2 Å². The highest BCUT2D eigenvalue weighted by Crippen LogP contribution is 2.36. The van der Waals surface area contributed by atoms with Crippen LogP contribution in [0.4, 0.5) is 0 Å². The van der Waals surface area contributed by atoms with Gasteiger partial charge in [0.25, 0.3) is 5.91 Å². The van der Waals surface area contributed by atoms with Crippen LogP contribution in [-0.4, -0.2) is 51.9 Å². The second-order valence-corrected chi connectivity index (χ2v) is 6.98. The highest BCUT2D eigenvalue weighted by molar-refractivity contribution is 6.32. The lowest BCUT2D eigenvalue weighted by atomic mass is 9.94. The molecular weight excluding hydrogens is 402 g/mol. The fourth-order valence-electron chi connectivity index (χ4n) is 3.14. The third kappa shape index (κ3) is 4.33. The number of carboxylic acids is 1. The van der Waals surface area contributed by atoms with E-state index in [0.717, 1.165) is 0 Å². The number of rotatable bonds is 6. The second-order valence-electron chi connectivity index (χ2n) is 6.58. The Morgan fingerprint density at radius 1 is 1.28 bits per heavy atom. The van der Waals surface area contributed by atoms with Crippen LogP contribution in [0.5, 0.6) is 5.75 Å². The molecule has 0 fully saturated rings. The van der Waals surface area contributed by atoms with E-state index in [1.165, 1.54) is 6.07 Å². The van der Waals surface area contributed by atoms with E-state index < -0.39 is 42.3 Å². The molecule has 1 heterocycles. The number of amides is 1. The van der Waals surface area contributed by atoms with Crippen LogP contribution in [0, 0.1) is 0 Å². The zero-order valence-electron chi connectivity index (χ0n) is 15.1. The van der Waals surface area contributed by atoms with Crippen LogP contribution in [0.2, 0.25) is 5.02 Å². The van der Waals surface area contributed by atoms with Gasteiger partial charge < -0.3 is 25.4 Å². The number of hydrogen-bond donors (Lipinski definition) is 4. The first kappa shape index (κ1) is 20.6. The van der Waals surface area contributed by atoms with Crippen LogP contribution in [0.15, 0.2) is 36.4 Å². The third-order valence-corrected chi connectivity index (χ3v) is 4.93. The van der Waals surface area contributed by atoms with Gasteiger partial charge in [0.2, 0.25) is 0 Å². The molecule has 0 saturated heterocycles. The number of phenols is 1. The molecule has 152 valence electrons. The van der Waals surface area contributed by atoms with Crippen molar-refractivity contribution in [2.75, 3.05) is 6.61 Å². The Hall–Kier alpha value is -3.10. The maximum Gasteiger partial charge on any atom is 0.342 e. The number of aromatic hydroxyl groups is 1. The van der Waals surface area contributed by atoms with Gasteiger partial charge in [0.1, 0.15) is 23.5 Å².